The molecule has 44 heavy (non-hydrogen) atoms. The van der Waals surface area contributed by atoms with E-state index in [0.29, 0.717) is 0 Å². The molecule has 12 N–H and O–H groups in total. The van der Waals surface area contributed by atoms with Crippen molar-refractivity contribution in [2.24, 2.45) is 0 Å². The first-order valence-electron chi connectivity index (χ1n) is 13.3. The molecule has 2 saturated heterocycles. The van der Waals surface area contributed by atoms with Crippen LogP contribution in [0.5, 0.6) is 17.2 Å². The molecule has 0 aromatic heterocycles. The van der Waals surface area contributed by atoms with Crippen molar-refractivity contribution in [1.82, 2.24) is 0 Å². The number of ether oxygens (including phenoxy) is 5. The summed E-state index contributed by atoms with van der Waals surface area (Å²) in [7, 11) is 0. The van der Waals surface area contributed by atoms with Gasteiger partial charge in [-0.3, -0.25) is 0 Å². The minimum atomic E-state index is -1.84. The number of aliphatic hydroxyl groups excluding tert-OH is 9. The first-order valence-corrected chi connectivity index (χ1v) is 13.3. The third-order valence-electron chi connectivity index (χ3n) is 7.47. The van der Waals surface area contributed by atoms with Crippen molar-refractivity contribution in [3.8, 4) is 17.2 Å². The van der Waals surface area contributed by atoms with Crippen LogP contribution in [0.2, 0.25) is 0 Å². The van der Waals surface area contributed by atoms with Crippen LogP contribution in [0.4, 0.5) is 0 Å². The van der Waals surface area contributed by atoms with E-state index >= 15 is 0 Å². The molecule has 11 atom stereocenters. The highest BCUT2D eigenvalue weighted by molar-refractivity contribution is 5.71. The van der Waals surface area contributed by atoms with Crippen molar-refractivity contribution in [2.75, 3.05) is 13.2 Å². The van der Waals surface area contributed by atoms with E-state index in [2.05, 4.69) is 0 Å². The number of hydrogen-bond acceptors (Lipinski definition) is 17. The van der Waals surface area contributed by atoms with Crippen molar-refractivity contribution in [1.29, 1.82) is 0 Å². The molecule has 0 radical (unpaired) electrons. The zero-order chi connectivity index (χ0) is 32.0. The number of benzene rings is 1. The van der Waals surface area contributed by atoms with Crippen LogP contribution in [0.3, 0.4) is 0 Å². The third-order valence-corrected chi connectivity index (χ3v) is 7.47. The summed E-state index contributed by atoms with van der Waals surface area (Å²) in [5.74, 6) is -3.63. The number of fused-ring (bicyclic) bond motifs is 1. The lowest BCUT2D eigenvalue weighted by atomic mass is 9.97. The summed E-state index contributed by atoms with van der Waals surface area (Å²) < 4.78 is 28.1. The van der Waals surface area contributed by atoms with Crippen molar-refractivity contribution in [3.63, 3.8) is 0 Å². The summed E-state index contributed by atoms with van der Waals surface area (Å²) in [6.45, 7) is -1.47. The Kier molecular flexibility index (Phi) is 8.96. The molecule has 1 aliphatic carbocycles. The number of rotatable bonds is 7. The van der Waals surface area contributed by atoms with Gasteiger partial charge in [-0.25, -0.2) is 0 Å². The Morgan fingerprint density at radius 1 is 0.659 bits per heavy atom. The Labute approximate surface area is 247 Å². The van der Waals surface area contributed by atoms with Crippen LogP contribution >= 0.6 is 0 Å². The minimum Gasteiger partial charge on any atom is -0.504 e. The van der Waals surface area contributed by atoms with Crippen LogP contribution in [0, 0.1) is 0 Å². The molecule has 0 bridgehead atoms. The van der Waals surface area contributed by atoms with Gasteiger partial charge in [0.05, 0.1) is 13.2 Å². The number of phenols is 3. The van der Waals surface area contributed by atoms with Crippen LogP contribution in [0.25, 0.3) is 5.76 Å². The maximum atomic E-state index is 10.7. The summed E-state index contributed by atoms with van der Waals surface area (Å²) in [6, 6.07) is 2.02. The molecule has 17 nitrogen and oxygen atoms in total. The fourth-order valence-electron chi connectivity index (χ4n) is 4.96. The summed E-state index contributed by atoms with van der Waals surface area (Å²) in [5.41, 5.74) is 0.130. The maximum Gasteiger partial charge on any atom is 0.229 e. The highest BCUT2D eigenvalue weighted by Gasteiger charge is 2.47. The van der Waals surface area contributed by atoms with Crippen molar-refractivity contribution >= 4 is 5.76 Å². The first-order chi connectivity index (χ1) is 20.8. The zero-order valence-electron chi connectivity index (χ0n) is 22.6. The van der Waals surface area contributed by atoms with Gasteiger partial charge >= 0.3 is 0 Å². The van der Waals surface area contributed by atoms with E-state index in [9.17, 15) is 61.3 Å². The molecule has 3 aliphatic heterocycles. The van der Waals surface area contributed by atoms with Gasteiger partial charge in [0, 0.05) is 17.2 Å². The Hall–Kier alpha value is -3.62. The molecule has 0 amide bonds. The van der Waals surface area contributed by atoms with Crippen molar-refractivity contribution in [3.05, 3.63) is 58.8 Å². The zero-order valence-corrected chi connectivity index (χ0v) is 22.6. The lowest BCUT2D eigenvalue weighted by Crippen LogP contribution is -2.59. The molecule has 17 heteroatoms. The van der Waals surface area contributed by atoms with E-state index in [0.717, 1.165) is 18.2 Å². The first kappa shape index (κ1) is 31.8. The third kappa shape index (κ3) is 5.77. The monoisotopic (exact) mass is 628 g/mol. The van der Waals surface area contributed by atoms with Gasteiger partial charge in [-0.15, -0.1) is 0 Å². The van der Waals surface area contributed by atoms with E-state index in [1.165, 1.54) is 12.2 Å². The topological polar surface area (TPSA) is 289 Å². The second-order valence-electron chi connectivity index (χ2n) is 10.4. The van der Waals surface area contributed by atoms with Crippen LogP contribution in [0.1, 0.15) is 5.56 Å². The quantitative estimate of drug-likeness (QED) is 0.132. The average molecular weight is 629 g/mol. The van der Waals surface area contributed by atoms with E-state index in [1.54, 1.807) is 0 Å². The average Bonchev–Trinajstić information content (AvgIpc) is 3.00. The number of aliphatic hydroxyl groups is 9. The maximum absolute atomic E-state index is 10.7. The number of phenolic OH excluding ortho intramolecular Hbond substituents is 3. The van der Waals surface area contributed by atoms with Gasteiger partial charge in [0.1, 0.15) is 54.9 Å². The van der Waals surface area contributed by atoms with Gasteiger partial charge in [0.2, 0.25) is 12.6 Å². The highest BCUT2D eigenvalue weighted by atomic mass is 16.7. The Bertz CT molecular complexity index is 1340. The van der Waals surface area contributed by atoms with Crippen molar-refractivity contribution < 1.29 is 85.0 Å². The van der Waals surface area contributed by atoms with E-state index < -0.39 is 104 Å². The Morgan fingerprint density at radius 3 is 1.70 bits per heavy atom. The van der Waals surface area contributed by atoms with Crippen LogP contribution in [0.15, 0.2) is 53.2 Å². The second-order valence-corrected chi connectivity index (χ2v) is 10.4. The molecular weight excluding hydrogens is 596 g/mol. The second kappa shape index (κ2) is 12.4. The summed E-state index contributed by atoms with van der Waals surface area (Å²) in [6.07, 6.45) is -13.9. The number of hydrogen-bond donors (Lipinski definition) is 12. The van der Waals surface area contributed by atoms with Gasteiger partial charge in [0.15, 0.2) is 40.3 Å². The van der Waals surface area contributed by atoms with E-state index in [1.807, 2.05) is 0 Å². The normalized spacial score (nSPS) is 37.3. The Balaban J connectivity index is 1.52. The van der Waals surface area contributed by atoms with Crippen LogP contribution < -0.4 is 0 Å². The van der Waals surface area contributed by atoms with Gasteiger partial charge in [0.25, 0.3) is 0 Å². The predicted molar refractivity (Wildman–Crippen MR) is 140 cm³/mol. The predicted octanol–water partition coefficient (Wildman–Crippen LogP) is -3.23. The molecular formula is C27H32O17. The number of aromatic hydroxyl groups is 3. The molecule has 0 saturated carbocycles. The summed E-state index contributed by atoms with van der Waals surface area (Å²) >= 11 is 0. The standard InChI is InChI=1S/C27H32O17/c28-6-16-19(34)21(36)23(38)26(43-16)41-14-3-8-4-15(42-27-24(39)22(37)20(35)17(7-29)44-27)25(40-13(8)5-10(14)30)9-1-11(31)18(33)12(32)2-9/h1-5,13,16-17,19-24,26-39H,6-7H2. The SMILES string of the molecule is OCC1OC(OC2=CC3=CC(OC4OC(CO)C(O)C(O)C4O)=C(c4cc(O)c(O)c(O)c4)OC3C=C2O)C(O)C(O)C1O. The largest absolute Gasteiger partial charge is 0.504 e. The smallest absolute Gasteiger partial charge is 0.229 e. The molecule has 11 unspecified atom stereocenters. The fraction of sp³-hybridized carbons (Fsp3) is 0.481. The molecule has 5 rings (SSSR count). The molecule has 3 heterocycles. The van der Waals surface area contributed by atoms with Gasteiger partial charge in [-0.05, 0) is 24.3 Å². The summed E-state index contributed by atoms with van der Waals surface area (Å²) in [4.78, 5) is 0. The van der Waals surface area contributed by atoms with Gasteiger partial charge in [-0.2, -0.15) is 0 Å². The van der Waals surface area contributed by atoms with Crippen LogP contribution in [-0.2, 0) is 23.7 Å². The van der Waals surface area contributed by atoms with Crippen LogP contribution in [-0.4, -0.2) is 142 Å². The van der Waals surface area contributed by atoms with Gasteiger partial charge < -0.3 is 85.0 Å². The van der Waals surface area contributed by atoms with E-state index in [-0.39, 0.29) is 28.4 Å². The lowest BCUT2D eigenvalue weighted by Gasteiger charge is -2.41. The minimum absolute atomic E-state index is 0.0621. The molecule has 0 spiro atoms. The number of allylic oxidation sites excluding steroid dienone is 1. The molecule has 4 aliphatic rings. The Morgan fingerprint density at radius 2 is 1.18 bits per heavy atom. The molecule has 2 fully saturated rings. The highest BCUT2D eigenvalue weighted by Crippen LogP contribution is 2.42. The summed E-state index contributed by atoms with van der Waals surface area (Å²) in [5, 5.41) is 121. The molecule has 1 aromatic carbocycles. The fourth-order valence-corrected chi connectivity index (χ4v) is 4.96. The molecule has 242 valence electrons. The van der Waals surface area contributed by atoms with Crippen molar-refractivity contribution in [2.45, 2.75) is 67.5 Å². The lowest BCUT2D eigenvalue weighted by molar-refractivity contribution is -0.291. The van der Waals surface area contributed by atoms with Gasteiger partial charge in [-0.1, -0.05) is 0 Å². The molecule has 1 aromatic rings. The van der Waals surface area contributed by atoms with E-state index in [4.69, 9.17) is 23.7 Å².